The lowest BCUT2D eigenvalue weighted by molar-refractivity contribution is 0.971. The molecule has 4 nitrogen and oxygen atoms in total. The van der Waals surface area contributed by atoms with Gasteiger partial charge in [0.25, 0.3) is 0 Å². The van der Waals surface area contributed by atoms with E-state index in [0.717, 1.165) is 30.0 Å². The van der Waals surface area contributed by atoms with Crippen molar-refractivity contribution in [2.75, 3.05) is 11.4 Å². The maximum absolute atomic E-state index is 6.12. The lowest BCUT2D eigenvalue weighted by Crippen LogP contribution is -2.15. The van der Waals surface area contributed by atoms with E-state index in [0.29, 0.717) is 15.7 Å². The number of hydrogen-bond acceptors (Lipinski definition) is 4. The molecule has 6 heteroatoms. The van der Waals surface area contributed by atoms with Crippen LogP contribution < -0.4 is 4.90 Å². The first kappa shape index (κ1) is 12.8. The van der Waals surface area contributed by atoms with Gasteiger partial charge in [-0.1, -0.05) is 29.3 Å². The molecule has 0 amide bonds. The number of pyridine rings is 1. The van der Waals surface area contributed by atoms with E-state index in [1.807, 2.05) is 18.2 Å². The molecule has 0 N–H and O–H groups in total. The first-order valence-corrected chi connectivity index (χ1v) is 7.31. The van der Waals surface area contributed by atoms with Crippen molar-refractivity contribution in [3.63, 3.8) is 0 Å². The van der Waals surface area contributed by atoms with Crippen LogP contribution >= 0.6 is 23.2 Å². The quantitative estimate of drug-likeness (QED) is 0.636. The highest BCUT2D eigenvalue weighted by Crippen LogP contribution is 2.37. The zero-order chi connectivity index (χ0) is 14.4. The largest absolute Gasteiger partial charge is 0.324 e. The van der Waals surface area contributed by atoms with Gasteiger partial charge in [0, 0.05) is 17.3 Å². The summed E-state index contributed by atoms with van der Waals surface area (Å²) in [5.74, 6) is 0.767. The van der Waals surface area contributed by atoms with Crippen molar-refractivity contribution in [3.8, 4) is 0 Å². The second kappa shape index (κ2) is 4.83. The first-order chi connectivity index (χ1) is 10.2. The number of halogens is 2. The maximum Gasteiger partial charge on any atom is 0.163 e. The van der Waals surface area contributed by atoms with E-state index in [4.69, 9.17) is 23.2 Å². The van der Waals surface area contributed by atoms with E-state index in [9.17, 15) is 0 Å². The molecule has 1 aliphatic heterocycles. The number of benzene rings is 1. The van der Waals surface area contributed by atoms with Crippen molar-refractivity contribution in [2.45, 2.75) is 6.42 Å². The molecule has 104 valence electrons. The van der Waals surface area contributed by atoms with E-state index in [-0.39, 0.29) is 0 Å². The summed E-state index contributed by atoms with van der Waals surface area (Å²) in [4.78, 5) is 15.2. The van der Waals surface area contributed by atoms with Crippen LogP contribution in [-0.4, -0.2) is 21.5 Å². The molecule has 0 unspecified atom stereocenters. The van der Waals surface area contributed by atoms with Crippen molar-refractivity contribution in [2.24, 2.45) is 0 Å². The van der Waals surface area contributed by atoms with Gasteiger partial charge in [-0.3, -0.25) is 0 Å². The van der Waals surface area contributed by atoms with Crippen LogP contribution in [0.3, 0.4) is 0 Å². The molecule has 0 radical (unpaired) electrons. The van der Waals surface area contributed by atoms with E-state index < -0.39 is 0 Å². The van der Waals surface area contributed by atoms with Gasteiger partial charge < -0.3 is 4.90 Å². The minimum atomic E-state index is 0.434. The Morgan fingerprint density at radius 3 is 2.86 bits per heavy atom. The van der Waals surface area contributed by atoms with Crippen LogP contribution in [0, 0.1) is 0 Å². The van der Waals surface area contributed by atoms with Gasteiger partial charge in [0.05, 0.1) is 5.52 Å². The molecule has 3 heterocycles. The molecule has 0 fully saturated rings. The van der Waals surface area contributed by atoms with Gasteiger partial charge in [0.15, 0.2) is 5.82 Å². The predicted octanol–water partition coefficient (Wildman–Crippen LogP) is 4.03. The third-order valence-electron chi connectivity index (χ3n) is 3.63. The van der Waals surface area contributed by atoms with Crippen LogP contribution in [0.1, 0.15) is 5.56 Å². The van der Waals surface area contributed by atoms with Crippen molar-refractivity contribution in [1.29, 1.82) is 0 Å². The molecular weight excluding hydrogens is 307 g/mol. The Bertz CT molecular complexity index is 850. The predicted molar refractivity (Wildman–Crippen MR) is 84.5 cm³/mol. The Morgan fingerprint density at radius 1 is 1.05 bits per heavy atom. The highest BCUT2D eigenvalue weighted by molar-refractivity contribution is 6.31. The van der Waals surface area contributed by atoms with E-state index >= 15 is 0 Å². The van der Waals surface area contributed by atoms with Crippen LogP contribution in [0.4, 0.5) is 11.5 Å². The number of nitrogens with zero attached hydrogens (tertiary/aromatic N) is 4. The summed E-state index contributed by atoms with van der Waals surface area (Å²) >= 11 is 12.1. The third kappa shape index (κ3) is 2.11. The second-order valence-corrected chi connectivity index (χ2v) is 5.70. The molecular formula is C15H10Cl2N4. The van der Waals surface area contributed by atoms with Gasteiger partial charge in [-0.2, -0.15) is 0 Å². The molecule has 2 aromatic heterocycles. The number of fused-ring (bicyclic) bond motifs is 2. The van der Waals surface area contributed by atoms with Gasteiger partial charge in [-0.25, -0.2) is 15.0 Å². The summed E-state index contributed by atoms with van der Waals surface area (Å²) in [6.07, 6.45) is 2.51. The highest BCUT2D eigenvalue weighted by atomic mass is 35.5. The molecule has 4 rings (SSSR count). The van der Waals surface area contributed by atoms with Crippen LogP contribution in [-0.2, 0) is 6.42 Å². The summed E-state index contributed by atoms with van der Waals surface area (Å²) in [6.45, 7) is 0.843. The van der Waals surface area contributed by atoms with E-state index in [1.165, 1.54) is 5.56 Å². The molecule has 1 aromatic carbocycles. The Kier molecular flexibility index (Phi) is 2.94. The molecule has 0 atom stereocenters. The average Bonchev–Trinajstić information content (AvgIpc) is 2.89. The van der Waals surface area contributed by atoms with Gasteiger partial charge in [-0.15, -0.1) is 0 Å². The van der Waals surface area contributed by atoms with Crippen LogP contribution in [0.15, 0.2) is 36.7 Å². The minimum Gasteiger partial charge on any atom is -0.324 e. The fourth-order valence-electron chi connectivity index (χ4n) is 2.67. The van der Waals surface area contributed by atoms with Gasteiger partial charge >= 0.3 is 0 Å². The number of hydrogen-bond donors (Lipinski definition) is 0. The lowest BCUT2D eigenvalue weighted by Gasteiger charge is -2.19. The van der Waals surface area contributed by atoms with Crippen LogP contribution in [0.2, 0.25) is 10.2 Å². The highest BCUT2D eigenvalue weighted by Gasteiger charge is 2.24. The number of rotatable bonds is 1. The van der Waals surface area contributed by atoms with Crippen LogP contribution in [0.5, 0.6) is 0 Å². The number of aromatic nitrogens is 3. The summed E-state index contributed by atoms with van der Waals surface area (Å²) in [7, 11) is 0. The lowest BCUT2D eigenvalue weighted by atomic mass is 10.2. The van der Waals surface area contributed by atoms with Gasteiger partial charge in [0.1, 0.15) is 17.0 Å². The molecule has 0 bridgehead atoms. The average molecular weight is 317 g/mol. The fourth-order valence-corrected chi connectivity index (χ4v) is 2.99. The van der Waals surface area contributed by atoms with Gasteiger partial charge in [0.2, 0.25) is 0 Å². The molecule has 21 heavy (non-hydrogen) atoms. The number of anilines is 2. The van der Waals surface area contributed by atoms with Crippen LogP contribution in [0.25, 0.3) is 11.0 Å². The smallest absolute Gasteiger partial charge is 0.163 e. The van der Waals surface area contributed by atoms with Gasteiger partial charge in [-0.05, 0) is 36.2 Å². The minimum absolute atomic E-state index is 0.434. The Morgan fingerprint density at radius 2 is 1.95 bits per heavy atom. The van der Waals surface area contributed by atoms with Crippen molar-refractivity contribution in [1.82, 2.24) is 15.0 Å². The molecule has 0 saturated carbocycles. The first-order valence-electron chi connectivity index (χ1n) is 6.55. The molecule has 0 aliphatic carbocycles. The zero-order valence-electron chi connectivity index (χ0n) is 10.9. The standard InChI is InChI=1S/C15H10Cl2N4/c16-10-2-1-9-5-6-21(12(9)7-10)15-14-11(18-8-19-15)3-4-13(17)20-14/h1-4,7-8H,5-6H2. The summed E-state index contributed by atoms with van der Waals surface area (Å²) < 4.78 is 0. The second-order valence-electron chi connectivity index (χ2n) is 4.87. The third-order valence-corrected chi connectivity index (χ3v) is 4.07. The SMILES string of the molecule is Clc1ccc2c(c1)N(c1ncnc3ccc(Cl)nc13)CC2. The summed E-state index contributed by atoms with van der Waals surface area (Å²) in [5.41, 5.74) is 3.81. The fraction of sp³-hybridized carbons (Fsp3) is 0.133. The molecule has 0 spiro atoms. The van der Waals surface area contributed by atoms with Crippen molar-refractivity contribution in [3.05, 3.63) is 52.4 Å². The maximum atomic E-state index is 6.12. The van der Waals surface area contributed by atoms with Crippen molar-refractivity contribution >= 4 is 45.7 Å². The zero-order valence-corrected chi connectivity index (χ0v) is 12.4. The Balaban J connectivity index is 1.93. The molecule has 0 saturated heterocycles. The Hall–Kier alpha value is -1.91. The van der Waals surface area contributed by atoms with E-state index in [1.54, 1.807) is 12.4 Å². The normalized spacial score (nSPS) is 13.7. The Labute approximate surface area is 131 Å². The van der Waals surface area contributed by atoms with E-state index in [2.05, 4.69) is 25.9 Å². The summed E-state index contributed by atoms with van der Waals surface area (Å²) in [5, 5.41) is 1.15. The van der Waals surface area contributed by atoms with Crippen molar-refractivity contribution < 1.29 is 0 Å². The molecule has 1 aliphatic rings. The topological polar surface area (TPSA) is 41.9 Å². The summed E-state index contributed by atoms with van der Waals surface area (Å²) in [6, 6.07) is 9.52. The molecule has 3 aromatic rings. The monoisotopic (exact) mass is 316 g/mol.